The summed E-state index contributed by atoms with van der Waals surface area (Å²) >= 11 is 0.673. The molecule has 0 aromatic carbocycles. The van der Waals surface area contributed by atoms with Gasteiger partial charge < -0.3 is 0 Å². The Kier molecular flexibility index (Phi) is 3.96. The molecule has 0 N–H and O–H groups in total. The maximum absolute atomic E-state index is 13.5. The number of nitriles is 1. The number of nitrogens with zero attached hydrogens (tertiary/aromatic N) is 2. The summed E-state index contributed by atoms with van der Waals surface area (Å²) < 4.78 is 80.3. The van der Waals surface area contributed by atoms with Gasteiger partial charge in [0, 0.05) is 16.6 Å². The lowest BCUT2D eigenvalue weighted by atomic mass is 9.51. The van der Waals surface area contributed by atoms with E-state index in [9.17, 15) is 26.3 Å². The fraction of sp³-hybridized carbons (Fsp3) is 0.800. The average molecular weight is 370 g/mol. The average Bonchev–Trinajstić information content (AvgIpc) is 2.55. The quantitative estimate of drug-likeness (QED) is 0.555. The number of hydrogen-bond donors (Lipinski definition) is 0. The molecule has 0 aromatic rings. The number of aliphatic imine (C=N–C) groups is 1. The summed E-state index contributed by atoms with van der Waals surface area (Å²) in [5.74, 6) is 0.563. The molecule has 9 heteroatoms. The maximum Gasteiger partial charge on any atom is 0.423 e. The highest BCUT2D eigenvalue weighted by molar-refractivity contribution is 8.00. The van der Waals surface area contributed by atoms with Gasteiger partial charge in [-0.1, -0.05) is 27.7 Å². The van der Waals surface area contributed by atoms with E-state index in [2.05, 4.69) is 4.99 Å². The van der Waals surface area contributed by atoms with Crippen molar-refractivity contribution in [3.8, 4) is 6.07 Å². The predicted octanol–water partition coefficient (Wildman–Crippen LogP) is 5.12. The lowest BCUT2D eigenvalue weighted by molar-refractivity contribution is -0.202. The number of thioether (sulfide) groups is 1. The summed E-state index contributed by atoms with van der Waals surface area (Å²) in [5.41, 5.74) is -6.96. The molecule has 1 spiro atoms. The summed E-state index contributed by atoms with van der Waals surface area (Å²) in [5, 5.41) is 9.07. The van der Waals surface area contributed by atoms with Crippen LogP contribution in [0.2, 0.25) is 0 Å². The van der Waals surface area contributed by atoms with E-state index in [-0.39, 0.29) is 0 Å². The normalized spacial score (nSPS) is 31.0. The molecule has 1 aliphatic carbocycles. The third-order valence-corrected chi connectivity index (χ3v) is 7.12. The highest BCUT2D eigenvalue weighted by Crippen LogP contribution is 2.70. The molecule has 0 amide bonds. The molecule has 2 rings (SSSR count). The van der Waals surface area contributed by atoms with Crippen LogP contribution in [0.4, 0.5) is 26.3 Å². The second kappa shape index (κ2) is 4.95. The molecule has 0 saturated heterocycles. The first-order chi connectivity index (χ1) is 10.6. The van der Waals surface area contributed by atoms with Crippen molar-refractivity contribution in [3.05, 3.63) is 5.57 Å². The number of halogens is 6. The third kappa shape index (κ3) is 2.30. The minimum atomic E-state index is -5.38. The van der Waals surface area contributed by atoms with Crippen molar-refractivity contribution in [1.82, 2.24) is 0 Å². The lowest BCUT2D eigenvalue weighted by Crippen LogP contribution is -2.63. The summed E-state index contributed by atoms with van der Waals surface area (Å²) in [4.78, 5) is 2.68. The summed E-state index contributed by atoms with van der Waals surface area (Å²) in [7, 11) is 0. The van der Waals surface area contributed by atoms with Gasteiger partial charge in [0.2, 0.25) is 0 Å². The minimum Gasteiger partial charge on any atom is -0.224 e. The summed E-state index contributed by atoms with van der Waals surface area (Å²) in [6.45, 7) is 6.99. The minimum absolute atomic E-state index is 0.588. The van der Waals surface area contributed by atoms with Gasteiger partial charge in [0.05, 0.1) is 6.07 Å². The van der Waals surface area contributed by atoms with Crippen molar-refractivity contribution in [3.63, 3.8) is 0 Å². The molecule has 1 heterocycles. The third-order valence-electron chi connectivity index (χ3n) is 4.93. The summed E-state index contributed by atoms with van der Waals surface area (Å²) in [6, 6.07) is 0.869. The molecule has 0 bridgehead atoms. The van der Waals surface area contributed by atoms with Gasteiger partial charge in [0.15, 0.2) is 5.41 Å². The lowest BCUT2D eigenvalue weighted by Gasteiger charge is -2.64. The molecule has 1 fully saturated rings. The number of rotatable bonds is 0. The van der Waals surface area contributed by atoms with Crippen molar-refractivity contribution in [1.29, 1.82) is 5.26 Å². The van der Waals surface area contributed by atoms with E-state index in [1.54, 1.807) is 33.6 Å². The van der Waals surface area contributed by atoms with Gasteiger partial charge in [0.25, 0.3) is 0 Å². The van der Waals surface area contributed by atoms with Crippen molar-refractivity contribution in [2.24, 2.45) is 21.2 Å². The molecular weight excluding hydrogens is 354 g/mol. The van der Waals surface area contributed by atoms with E-state index in [1.807, 2.05) is 0 Å². The molecule has 0 radical (unpaired) electrons. The molecule has 1 atom stereocenters. The highest BCUT2D eigenvalue weighted by Gasteiger charge is 2.71. The Morgan fingerprint density at radius 2 is 1.58 bits per heavy atom. The van der Waals surface area contributed by atoms with Crippen LogP contribution >= 0.6 is 11.8 Å². The first-order valence-corrected chi connectivity index (χ1v) is 8.09. The van der Waals surface area contributed by atoms with Crippen LogP contribution in [0.15, 0.2) is 10.6 Å². The van der Waals surface area contributed by atoms with Crippen LogP contribution < -0.4 is 0 Å². The standard InChI is InChI=1S/C15H16F6N2S/c1-10(2)6-11(3,4)14(10)23-5-9(13(16,17)18)12(7-22,8-24-14)15(19,20)21/h6,8H2,1-4H3/t12-/m0/s1. The zero-order valence-corrected chi connectivity index (χ0v) is 14.3. The number of alkyl halides is 6. The van der Waals surface area contributed by atoms with Crippen molar-refractivity contribution in [2.45, 2.75) is 51.3 Å². The van der Waals surface area contributed by atoms with Crippen molar-refractivity contribution >= 4 is 17.6 Å². The van der Waals surface area contributed by atoms with Crippen LogP contribution in [-0.2, 0) is 0 Å². The van der Waals surface area contributed by atoms with Crippen molar-refractivity contribution < 1.29 is 26.3 Å². The van der Waals surface area contributed by atoms with Gasteiger partial charge in [0.1, 0.15) is 10.4 Å². The number of hydrogen-bond acceptors (Lipinski definition) is 3. The molecule has 2 aliphatic rings. The Morgan fingerprint density at radius 3 is 1.92 bits per heavy atom. The van der Waals surface area contributed by atoms with Gasteiger partial charge in [-0.05, 0) is 12.3 Å². The first-order valence-electron chi connectivity index (χ1n) is 7.11. The van der Waals surface area contributed by atoms with Crippen LogP contribution in [0, 0.1) is 27.6 Å². The monoisotopic (exact) mass is 370 g/mol. The highest BCUT2D eigenvalue weighted by atomic mass is 32.2. The molecule has 134 valence electrons. The molecule has 0 aromatic heterocycles. The molecule has 1 aliphatic heterocycles. The zero-order chi connectivity index (χ0) is 18.8. The smallest absolute Gasteiger partial charge is 0.224 e. The SMILES string of the molecule is CC1(C)CC(C)(C)C12N=C=C(C(F)(F)F)[C@@](C#N)(C(F)(F)F)CS2. The molecule has 24 heavy (non-hydrogen) atoms. The maximum atomic E-state index is 13.5. The summed E-state index contributed by atoms with van der Waals surface area (Å²) in [6.07, 6.45) is -10.1. The first kappa shape index (κ1) is 19.2. The largest absolute Gasteiger partial charge is 0.423 e. The van der Waals surface area contributed by atoms with Crippen LogP contribution in [0.1, 0.15) is 34.1 Å². The molecule has 2 nitrogen and oxygen atoms in total. The van der Waals surface area contributed by atoms with Crippen LogP contribution in [0.3, 0.4) is 0 Å². The Labute approximate surface area is 140 Å². The van der Waals surface area contributed by atoms with Gasteiger partial charge in [-0.3, -0.25) is 0 Å². The van der Waals surface area contributed by atoms with Crippen LogP contribution in [0.5, 0.6) is 0 Å². The second-order valence-corrected chi connectivity index (χ2v) is 8.66. The predicted molar refractivity (Wildman–Crippen MR) is 78.5 cm³/mol. The topological polar surface area (TPSA) is 36.1 Å². The zero-order valence-electron chi connectivity index (χ0n) is 13.5. The van der Waals surface area contributed by atoms with Crippen LogP contribution in [-0.4, -0.2) is 28.8 Å². The number of allylic oxidation sites excluding steroid dienone is 1. The molecule has 1 saturated carbocycles. The van der Waals surface area contributed by atoms with Gasteiger partial charge in [-0.25, -0.2) is 4.99 Å². The fourth-order valence-corrected chi connectivity index (χ4v) is 5.91. The molecular formula is C15H16F6N2S. The Morgan fingerprint density at radius 1 is 1.08 bits per heavy atom. The van der Waals surface area contributed by atoms with Gasteiger partial charge in [-0.2, -0.15) is 31.6 Å². The second-order valence-electron chi connectivity index (χ2n) is 7.49. The van der Waals surface area contributed by atoms with Crippen molar-refractivity contribution in [2.75, 3.05) is 5.75 Å². The van der Waals surface area contributed by atoms with E-state index in [0.717, 1.165) is 6.07 Å². The van der Waals surface area contributed by atoms with E-state index in [1.165, 1.54) is 0 Å². The van der Waals surface area contributed by atoms with E-state index in [0.29, 0.717) is 18.2 Å². The molecule has 0 unspecified atom stereocenters. The fourth-order valence-electron chi connectivity index (χ4n) is 4.07. The van der Waals surface area contributed by atoms with Crippen LogP contribution in [0.25, 0.3) is 0 Å². The Balaban J connectivity index is 2.73. The van der Waals surface area contributed by atoms with E-state index in [4.69, 9.17) is 5.26 Å². The van der Waals surface area contributed by atoms with Gasteiger partial charge >= 0.3 is 12.4 Å². The Hall–Kier alpha value is -1.13. The van der Waals surface area contributed by atoms with Gasteiger partial charge in [-0.15, -0.1) is 11.8 Å². The Bertz CT molecular complexity index is 647. The van der Waals surface area contributed by atoms with E-state index >= 15 is 0 Å². The van der Waals surface area contributed by atoms with E-state index < -0.39 is 44.8 Å².